The molecule has 0 unspecified atom stereocenters. The van der Waals surface area contributed by atoms with E-state index >= 15 is 0 Å². The van der Waals surface area contributed by atoms with Gasteiger partial charge in [-0.25, -0.2) is 0 Å². The molecule has 0 bridgehead atoms. The number of hydrogen-bond acceptors (Lipinski definition) is 3. The largest absolute Gasteiger partial charge is 0.486 e. The first-order chi connectivity index (χ1) is 9.72. The number of anilines is 1. The summed E-state index contributed by atoms with van der Waals surface area (Å²) < 4.78 is 13.2. The smallest absolute Gasteiger partial charge is 0.163 e. The van der Waals surface area contributed by atoms with E-state index < -0.39 is 0 Å². The van der Waals surface area contributed by atoms with Gasteiger partial charge in [-0.1, -0.05) is 6.07 Å². The van der Waals surface area contributed by atoms with Crippen LogP contribution in [0.15, 0.2) is 45.3 Å². The standard InChI is InChI=1S/C15H13Br2NO2/c16-12-3-1-10(7-13(12)17)9-18-11-2-4-14-15(8-11)20-6-5-19-14/h1-4,7-8,18H,5-6,9H2. The van der Waals surface area contributed by atoms with Gasteiger partial charge in [-0.3, -0.25) is 0 Å². The molecule has 1 aliphatic rings. The Kier molecular flexibility index (Phi) is 4.17. The quantitative estimate of drug-likeness (QED) is 0.819. The van der Waals surface area contributed by atoms with E-state index in [0.717, 1.165) is 32.7 Å². The monoisotopic (exact) mass is 397 g/mol. The molecule has 3 rings (SSSR count). The summed E-state index contributed by atoms with van der Waals surface area (Å²) in [5.41, 5.74) is 2.23. The Bertz CT molecular complexity index is 631. The summed E-state index contributed by atoms with van der Waals surface area (Å²) in [6, 6.07) is 12.1. The number of benzene rings is 2. The van der Waals surface area contributed by atoms with Crippen molar-refractivity contribution in [2.45, 2.75) is 6.54 Å². The molecule has 0 aliphatic carbocycles. The fourth-order valence-corrected chi connectivity index (χ4v) is 2.68. The van der Waals surface area contributed by atoms with Crippen LogP contribution in [0.25, 0.3) is 0 Å². The van der Waals surface area contributed by atoms with E-state index in [1.54, 1.807) is 0 Å². The third-order valence-corrected chi connectivity index (χ3v) is 4.90. The molecule has 2 aromatic rings. The van der Waals surface area contributed by atoms with Gasteiger partial charge in [0.1, 0.15) is 13.2 Å². The number of halogens is 2. The fourth-order valence-electron chi connectivity index (χ4n) is 2.01. The second-order valence-electron chi connectivity index (χ2n) is 4.46. The zero-order chi connectivity index (χ0) is 13.9. The summed E-state index contributed by atoms with van der Waals surface area (Å²) in [6.07, 6.45) is 0. The molecule has 0 atom stereocenters. The molecule has 0 saturated carbocycles. The molecule has 0 fully saturated rings. The summed E-state index contributed by atoms with van der Waals surface area (Å²) in [5.74, 6) is 1.62. The van der Waals surface area contributed by atoms with Crippen LogP contribution in [0.1, 0.15) is 5.56 Å². The molecule has 0 saturated heterocycles. The Hall–Kier alpha value is -1.20. The number of rotatable bonds is 3. The highest BCUT2D eigenvalue weighted by Crippen LogP contribution is 2.32. The average Bonchev–Trinajstić information content (AvgIpc) is 2.48. The molecule has 0 amide bonds. The van der Waals surface area contributed by atoms with Crippen LogP contribution in [0.4, 0.5) is 5.69 Å². The molecular weight excluding hydrogens is 386 g/mol. The van der Waals surface area contributed by atoms with Crippen LogP contribution in [0.3, 0.4) is 0 Å². The van der Waals surface area contributed by atoms with Crippen LogP contribution in [-0.4, -0.2) is 13.2 Å². The first-order valence-electron chi connectivity index (χ1n) is 6.30. The number of ether oxygens (including phenoxy) is 2. The number of hydrogen-bond donors (Lipinski definition) is 1. The van der Waals surface area contributed by atoms with Crippen molar-refractivity contribution < 1.29 is 9.47 Å². The lowest BCUT2D eigenvalue weighted by atomic mass is 10.2. The van der Waals surface area contributed by atoms with E-state index in [1.807, 2.05) is 24.3 Å². The highest BCUT2D eigenvalue weighted by Gasteiger charge is 2.11. The third-order valence-electron chi connectivity index (χ3n) is 3.02. The average molecular weight is 399 g/mol. The maximum atomic E-state index is 5.57. The zero-order valence-corrected chi connectivity index (χ0v) is 13.8. The van der Waals surface area contributed by atoms with Crippen molar-refractivity contribution in [1.82, 2.24) is 0 Å². The van der Waals surface area contributed by atoms with Gasteiger partial charge in [0.2, 0.25) is 0 Å². The minimum Gasteiger partial charge on any atom is -0.486 e. The van der Waals surface area contributed by atoms with Gasteiger partial charge in [0.25, 0.3) is 0 Å². The van der Waals surface area contributed by atoms with E-state index in [-0.39, 0.29) is 0 Å². The van der Waals surface area contributed by atoms with Crippen molar-refractivity contribution in [1.29, 1.82) is 0 Å². The molecule has 2 aromatic carbocycles. The molecule has 1 heterocycles. The Morgan fingerprint density at radius 3 is 2.50 bits per heavy atom. The van der Waals surface area contributed by atoms with Crippen LogP contribution in [0.2, 0.25) is 0 Å². The van der Waals surface area contributed by atoms with Gasteiger partial charge in [-0.15, -0.1) is 0 Å². The molecule has 20 heavy (non-hydrogen) atoms. The maximum Gasteiger partial charge on any atom is 0.163 e. The van der Waals surface area contributed by atoms with E-state index in [2.05, 4.69) is 49.3 Å². The predicted molar refractivity (Wildman–Crippen MR) is 86.6 cm³/mol. The topological polar surface area (TPSA) is 30.5 Å². The lowest BCUT2D eigenvalue weighted by molar-refractivity contribution is 0.171. The van der Waals surface area contributed by atoms with Crippen LogP contribution >= 0.6 is 31.9 Å². The summed E-state index contributed by atoms with van der Waals surface area (Å²) in [7, 11) is 0. The van der Waals surface area contributed by atoms with Crippen molar-refractivity contribution in [3.05, 3.63) is 50.9 Å². The summed E-state index contributed by atoms with van der Waals surface area (Å²) in [4.78, 5) is 0. The van der Waals surface area contributed by atoms with Crippen LogP contribution in [0.5, 0.6) is 11.5 Å². The predicted octanol–water partition coefficient (Wildman–Crippen LogP) is 4.59. The van der Waals surface area contributed by atoms with E-state index in [1.165, 1.54) is 5.56 Å². The van der Waals surface area contributed by atoms with Gasteiger partial charge < -0.3 is 14.8 Å². The lowest BCUT2D eigenvalue weighted by Gasteiger charge is -2.19. The van der Waals surface area contributed by atoms with Crippen LogP contribution in [-0.2, 0) is 6.54 Å². The van der Waals surface area contributed by atoms with E-state index in [4.69, 9.17) is 9.47 Å². The Morgan fingerprint density at radius 1 is 0.900 bits per heavy atom. The van der Waals surface area contributed by atoms with E-state index in [9.17, 15) is 0 Å². The van der Waals surface area contributed by atoms with Gasteiger partial charge in [0, 0.05) is 27.2 Å². The van der Waals surface area contributed by atoms with Gasteiger partial charge in [0.05, 0.1) is 0 Å². The number of nitrogens with one attached hydrogen (secondary N) is 1. The molecule has 104 valence electrons. The Morgan fingerprint density at radius 2 is 1.70 bits per heavy atom. The van der Waals surface area contributed by atoms with Crippen LogP contribution in [0, 0.1) is 0 Å². The van der Waals surface area contributed by atoms with Gasteiger partial charge >= 0.3 is 0 Å². The minimum atomic E-state index is 0.607. The molecular formula is C15H13Br2NO2. The summed E-state index contributed by atoms with van der Waals surface area (Å²) in [5, 5.41) is 3.39. The Balaban J connectivity index is 1.70. The molecule has 5 heteroatoms. The van der Waals surface area contributed by atoms with E-state index in [0.29, 0.717) is 13.2 Å². The fraction of sp³-hybridized carbons (Fsp3) is 0.200. The molecule has 3 nitrogen and oxygen atoms in total. The SMILES string of the molecule is Brc1ccc(CNc2ccc3c(c2)OCCO3)cc1Br. The normalized spacial score (nSPS) is 13.1. The molecule has 0 radical (unpaired) electrons. The second kappa shape index (κ2) is 6.06. The van der Waals surface area contributed by atoms with Crippen molar-refractivity contribution >= 4 is 37.5 Å². The van der Waals surface area contributed by atoms with Crippen molar-refractivity contribution in [2.24, 2.45) is 0 Å². The lowest BCUT2D eigenvalue weighted by Crippen LogP contribution is -2.15. The van der Waals surface area contributed by atoms with Gasteiger partial charge in [-0.05, 0) is 61.7 Å². The van der Waals surface area contributed by atoms with Crippen molar-refractivity contribution in [2.75, 3.05) is 18.5 Å². The van der Waals surface area contributed by atoms with Crippen LogP contribution < -0.4 is 14.8 Å². The molecule has 0 aromatic heterocycles. The summed E-state index contributed by atoms with van der Waals surface area (Å²) >= 11 is 6.98. The van der Waals surface area contributed by atoms with Crippen molar-refractivity contribution in [3.63, 3.8) is 0 Å². The van der Waals surface area contributed by atoms with Gasteiger partial charge in [-0.2, -0.15) is 0 Å². The summed E-state index contributed by atoms with van der Waals surface area (Å²) in [6.45, 7) is 1.98. The first-order valence-corrected chi connectivity index (χ1v) is 7.88. The molecule has 1 N–H and O–H groups in total. The van der Waals surface area contributed by atoms with Crippen molar-refractivity contribution in [3.8, 4) is 11.5 Å². The highest BCUT2D eigenvalue weighted by molar-refractivity contribution is 9.13. The first kappa shape index (κ1) is 13.8. The number of fused-ring (bicyclic) bond motifs is 1. The molecule has 1 aliphatic heterocycles. The third kappa shape index (κ3) is 3.10. The minimum absolute atomic E-state index is 0.607. The second-order valence-corrected chi connectivity index (χ2v) is 6.17. The molecule has 0 spiro atoms. The zero-order valence-electron chi connectivity index (χ0n) is 10.7. The Labute approximate surface area is 134 Å². The van der Waals surface area contributed by atoms with Gasteiger partial charge in [0.15, 0.2) is 11.5 Å². The maximum absolute atomic E-state index is 5.57. The highest BCUT2D eigenvalue weighted by atomic mass is 79.9.